The average molecular weight is 307 g/mol. The van der Waals surface area contributed by atoms with Crippen LogP contribution in [0.25, 0.3) is 0 Å². The van der Waals surface area contributed by atoms with Crippen LogP contribution < -0.4 is 0 Å². The summed E-state index contributed by atoms with van der Waals surface area (Å²) in [7, 11) is -5.84. The van der Waals surface area contributed by atoms with Gasteiger partial charge < -0.3 is 3.87 Å². The van der Waals surface area contributed by atoms with Gasteiger partial charge in [-0.3, -0.25) is 0 Å². The number of rotatable bonds is 6. The monoisotopic (exact) mass is 306 g/mol. The van der Waals surface area contributed by atoms with Crippen LogP contribution in [0.15, 0.2) is 29.2 Å². The molecule has 0 atom stereocenters. The molecule has 0 aliphatic rings. The second kappa shape index (κ2) is 6.19. The number of hydrogen-bond donors (Lipinski definition) is 0. The van der Waals surface area contributed by atoms with E-state index < -0.39 is 18.4 Å². The van der Waals surface area contributed by atoms with Crippen LogP contribution in [-0.4, -0.2) is 16.7 Å². The van der Waals surface area contributed by atoms with Crippen molar-refractivity contribution in [3.05, 3.63) is 29.3 Å². The van der Waals surface area contributed by atoms with Gasteiger partial charge in [0, 0.05) is 5.02 Å². The van der Waals surface area contributed by atoms with Crippen molar-refractivity contribution in [1.29, 1.82) is 0 Å². The predicted octanol–water partition coefficient (Wildman–Crippen LogP) is 4.05. The zero-order valence-corrected chi connectivity index (χ0v) is 13.5. The summed E-state index contributed by atoms with van der Waals surface area (Å²) in [5, 5.41) is 0.513. The Kier molecular flexibility index (Phi) is 5.40. The molecule has 6 heteroatoms. The van der Waals surface area contributed by atoms with Crippen LogP contribution in [-0.2, 0) is 14.0 Å². The van der Waals surface area contributed by atoms with Crippen molar-refractivity contribution in [1.82, 2.24) is 0 Å². The summed E-state index contributed by atoms with van der Waals surface area (Å²) in [5.74, 6) is 0. The maximum absolute atomic E-state index is 12.2. The van der Waals surface area contributed by atoms with Crippen LogP contribution in [0.2, 0.25) is 23.2 Å². The minimum Gasteiger partial charge on any atom is -0.311 e. The van der Waals surface area contributed by atoms with Gasteiger partial charge in [0.2, 0.25) is 8.32 Å². The van der Waals surface area contributed by atoms with E-state index in [-0.39, 0.29) is 4.90 Å². The Labute approximate surface area is 115 Å². The second-order valence-corrected chi connectivity index (χ2v) is 11.2. The molecule has 0 unspecified atom stereocenters. The Morgan fingerprint density at radius 1 is 1.06 bits per heavy atom. The zero-order valence-electron chi connectivity index (χ0n) is 10.9. The van der Waals surface area contributed by atoms with E-state index in [0.717, 1.165) is 18.1 Å². The average Bonchev–Trinajstić information content (AvgIpc) is 2.37. The molecule has 0 spiro atoms. The molecule has 3 nitrogen and oxygen atoms in total. The SMILES string of the molecule is CC[Si](CC)(CC)OS(=O)(=O)c1ccc(Cl)cc1. The summed E-state index contributed by atoms with van der Waals surface area (Å²) in [6.07, 6.45) is 0. The third kappa shape index (κ3) is 3.57. The van der Waals surface area contributed by atoms with Gasteiger partial charge in [0.05, 0.1) is 4.90 Å². The lowest BCUT2D eigenvalue weighted by Gasteiger charge is -2.26. The highest BCUT2D eigenvalue weighted by Gasteiger charge is 2.35. The molecule has 0 aromatic heterocycles. The topological polar surface area (TPSA) is 43.4 Å². The van der Waals surface area contributed by atoms with Gasteiger partial charge in [-0.2, -0.15) is 8.42 Å². The van der Waals surface area contributed by atoms with Gasteiger partial charge in [-0.05, 0) is 42.4 Å². The summed E-state index contributed by atoms with van der Waals surface area (Å²) in [4.78, 5) is 0.180. The van der Waals surface area contributed by atoms with E-state index in [4.69, 9.17) is 15.5 Å². The van der Waals surface area contributed by atoms with Crippen LogP contribution in [0.5, 0.6) is 0 Å². The normalized spacial score (nSPS) is 12.7. The maximum Gasteiger partial charge on any atom is 0.287 e. The summed E-state index contributed by atoms with van der Waals surface area (Å²) >= 11 is 5.75. The maximum atomic E-state index is 12.2. The highest BCUT2D eigenvalue weighted by molar-refractivity contribution is 7.87. The zero-order chi connectivity index (χ0) is 13.8. The van der Waals surface area contributed by atoms with Crippen LogP contribution >= 0.6 is 11.6 Å². The Hall–Kier alpha value is -0.363. The van der Waals surface area contributed by atoms with E-state index in [2.05, 4.69) is 0 Å². The van der Waals surface area contributed by atoms with Gasteiger partial charge in [0.25, 0.3) is 10.1 Å². The molecule has 0 bridgehead atoms. The van der Waals surface area contributed by atoms with Crippen LogP contribution in [0.4, 0.5) is 0 Å². The van der Waals surface area contributed by atoms with Crippen molar-refractivity contribution in [2.75, 3.05) is 0 Å². The predicted molar refractivity (Wildman–Crippen MR) is 76.9 cm³/mol. The fraction of sp³-hybridized carbons (Fsp3) is 0.500. The molecule has 0 N–H and O–H groups in total. The summed E-state index contributed by atoms with van der Waals surface area (Å²) in [6, 6.07) is 8.48. The summed E-state index contributed by atoms with van der Waals surface area (Å²) < 4.78 is 30.0. The highest BCUT2D eigenvalue weighted by atomic mass is 35.5. The minimum absolute atomic E-state index is 0.180. The van der Waals surface area contributed by atoms with Gasteiger partial charge in [-0.25, -0.2) is 0 Å². The van der Waals surface area contributed by atoms with Gasteiger partial charge in [0.1, 0.15) is 0 Å². The smallest absolute Gasteiger partial charge is 0.287 e. The quantitative estimate of drug-likeness (QED) is 0.745. The molecule has 0 saturated carbocycles. The van der Waals surface area contributed by atoms with E-state index in [0.29, 0.717) is 5.02 Å². The second-order valence-electron chi connectivity index (χ2n) is 4.24. The molecule has 0 heterocycles. The third-order valence-electron chi connectivity index (χ3n) is 3.32. The fourth-order valence-corrected chi connectivity index (χ4v) is 7.57. The fourth-order valence-electron chi connectivity index (χ4n) is 1.81. The van der Waals surface area contributed by atoms with E-state index in [1.165, 1.54) is 12.1 Å². The molecular formula is C12H19ClO3SSi. The molecular weight excluding hydrogens is 288 g/mol. The Balaban J connectivity index is 3.04. The van der Waals surface area contributed by atoms with E-state index in [9.17, 15) is 8.42 Å². The van der Waals surface area contributed by atoms with Gasteiger partial charge in [-0.1, -0.05) is 32.4 Å². The van der Waals surface area contributed by atoms with Crippen molar-refractivity contribution in [2.24, 2.45) is 0 Å². The lowest BCUT2D eigenvalue weighted by atomic mass is 10.4. The van der Waals surface area contributed by atoms with Gasteiger partial charge >= 0.3 is 0 Å². The van der Waals surface area contributed by atoms with Crippen molar-refractivity contribution in [3.8, 4) is 0 Å². The minimum atomic E-state index is -3.67. The van der Waals surface area contributed by atoms with Crippen LogP contribution in [0.3, 0.4) is 0 Å². The van der Waals surface area contributed by atoms with Crippen molar-refractivity contribution < 1.29 is 12.3 Å². The molecule has 0 fully saturated rings. The first-order chi connectivity index (χ1) is 8.39. The van der Waals surface area contributed by atoms with Gasteiger partial charge in [-0.15, -0.1) is 0 Å². The van der Waals surface area contributed by atoms with E-state index in [1.54, 1.807) is 12.1 Å². The molecule has 0 radical (unpaired) electrons. The lowest BCUT2D eigenvalue weighted by Crippen LogP contribution is -2.38. The number of benzene rings is 1. The van der Waals surface area contributed by atoms with Crippen molar-refractivity contribution in [3.63, 3.8) is 0 Å². The summed E-state index contributed by atoms with van der Waals surface area (Å²) in [5.41, 5.74) is 0. The molecule has 0 amide bonds. The van der Waals surface area contributed by atoms with Crippen LogP contribution in [0.1, 0.15) is 20.8 Å². The van der Waals surface area contributed by atoms with E-state index in [1.807, 2.05) is 20.8 Å². The molecule has 1 rings (SSSR count). The Morgan fingerprint density at radius 2 is 1.50 bits per heavy atom. The molecule has 0 saturated heterocycles. The Morgan fingerprint density at radius 3 is 1.89 bits per heavy atom. The first kappa shape index (κ1) is 15.7. The molecule has 1 aromatic carbocycles. The summed E-state index contributed by atoms with van der Waals surface area (Å²) in [6.45, 7) is 5.99. The largest absolute Gasteiger partial charge is 0.311 e. The number of hydrogen-bond acceptors (Lipinski definition) is 3. The molecule has 1 aromatic rings. The first-order valence-corrected chi connectivity index (χ1v) is 10.4. The number of halogens is 1. The molecule has 102 valence electrons. The van der Waals surface area contributed by atoms with Crippen molar-refractivity contribution in [2.45, 2.75) is 43.8 Å². The third-order valence-corrected chi connectivity index (χ3v) is 10.6. The highest BCUT2D eigenvalue weighted by Crippen LogP contribution is 2.27. The molecule has 0 aliphatic heterocycles. The van der Waals surface area contributed by atoms with Gasteiger partial charge in [0.15, 0.2) is 0 Å². The van der Waals surface area contributed by atoms with E-state index >= 15 is 0 Å². The lowest BCUT2D eigenvalue weighted by molar-refractivity contribution is 0.474. The molecule has 18 heavy (non-hydrogen) atoms. The molecule has 0 aliphatic carbocycles. The Bertz CT molecular complexity index is 472. The standard InChI is InChI=1S/C12H19ClO3SSi/c1-4-18(5-2,6-3)16-17(14,15)12-9-7-11(13)8-10-12/h7-10H,4-6H2,1-3H3. The van der Waals surface area contributed by atoms with Crippen molar-refractivity contribution >= 4 is 30.0 Å². The first-order valence-electron chi connectivity index (χ1n) is 6.10. The van der Waals surface area contributed by atoms with Crippen LogP contribution in [0, 0.1) is 0 Å².